The van der Waals surface area contributed by atoms with Crippen LogP contribution < -0.4 is 10.6 Å². The lowest BCUT2D eigenvalue weighted by atomic mass is 10.2. The van der Waals surface area contributed by atoms with Crippen molar-refractivity contribution in [2.45, 2.75) is 19.0 Å². The van der Waals surface area contributed by atoms with E-state index in [0.717, 1.165) is 5.01 Å². The zero-order valence-corrected chi connectivity index (χ0v) is 11.5. The smallest absolute Gasteiger partial charge is 0.326 e. The van der Waals surface area contributed by atoms with E-state index in [0.29, 0.717) is 18.7 Å². The molecule has 0 bridgehead atoms. The summed E-state index contributed by atoms with van der Waals surface area (Å²) in [4.78, 5) is 26.4. The molecule has 0 saturated carbocycles. The molecule has 6 nitrogen and oxygen atoms in total. The van der Waals surface area contributed by atoms with Crippen LogP contribution in [0.1, 0.15) is 11.4 Å². The Balaban J connectivity index is 2.34. The lowest BCUT2D eigenvalue weighted by Gasteiger charge is -2.14. The van der Waals surface area contributed by atoms with Gasteiger partial charge in [0.15, 0.2) is 0 Å². The molecule has 0 aliphatic carbocycles. The minimum atomic E-state index is -1.02. The number of hydrogen-bond donors (Lipinski definition) is 3. The van der Waals surface area contributed by atoms with Gasteiger partial charge in [-0.25, -0.2) is 14.6 Å². The van der Waals surface area contributed by atoms with E-state index in [4.69, 9.17) is 5.11 Å². The molecule has 0 aromatic carbocycles. The molecule has 18 heavy (non-hydrogen) atoms. The van der Waals surface area contributed by atoms with E-state index in [1.165, 1.54) is 11.3 Å². The van der Waals surface area contributed by atoms with Crippen LogP contribution in [0.4, 0.5) is 4.79 Å². The molecular formula is C10H15N3O3S2. The summed E-state index contributed by atoms with van der Waals surface area (Å²) in [5, 5.41) is 16.5. The second-order valence-corrected chi connectivity index (χ2v) is 5.39. The maximum absolute atomic E-state index is 11.5. The Kier molecular flexibility index (Phi) is 6.51. The molecule has 1 rings (SSSR count). The normalized spacial score (nSPS) is 11.8. The molecule has 1 aromatic heterocycles. The van der Waals surface area contributed by atoms with Gasteiger partial charge in [0.05, 0.1) is 6.54 Å². The molecule has 3 N–H and O–H groups in total. The van der Waals surface area contributed by atoms with Crippen molar-refractivity contribution in [3.63, 3.8) is 0 Å². The van der Waals surface area contributed by atoms with Gasteiger partial charge in [0.2, 0.25) is 0 Å². The van der Waals surface area contributed by atoms with Gasteiger partial charge in [0.25, 0.3) is 0 Å². The van der Waals surface area contributed by atoms with Crippen LogP contribution in [0.2, 0.25) is 0 Å². The summed E-state index contributed by atoms with van der Waals surface area (Å²) in [6, 6.07) is -1.34. The molecule has 1 heterocycles. The number of carbonyl (C=O) groups is 2. The standard InChI is InChI=1S/C10H15N3O3S2/c1-17-4-2-7(9(14)15)13-10(16)12-6-8-11-3-5-18-8/h3,5,7H,2,4,6H2,1H3,(H,14,15)(H2,12,13,16)/t7-/m0/s1. The van der Waals surface area contributed by atoms with Gasteiger partial charge in [-0.15, -0.1) is 11.3 Å². The van der Waals surface area contributed by atoms with Gasteiger partial charge in [-0.1, -0.05) is 0 Å². The fourth-order valence-electron chi connectivity index (χ4n) is 1.20. The Morgan fingerprint density at radius 2 is 2.39 bits per heavy atom. The fourth-order valence-corrected chi connectivity index (χ4v) is 2.23. The summed E-state index contributed by atoms with van der Waals surface area (Å²) < 4.78 is 0. The van der Waals surface area contributed by atoms with Crippen molar-refractivity contribution in [3.05, 3.63) is 16.6 Å². The minimum absolute atomic E-state index is 0.304. The summed E-state index contributed by atoms with van der Waals surface area (Å²) in [5.74, 6) is -0.336. The molecule has 8 heteroatoms. The van der Waals surface area contributed by atoms with E-state index in [2.05, 4.69) is 15.6 Å². The first-order chi connectivity index (χ1) is 8.63. The zero-order valence-electron chi connectivity index (χ0n) is 9.88. The number of nitrogens with zero attached hydrogens (tertiary/aromatic N) is 1. The number of carboxylic acids is 1. The van der Waals surface area contributed by atoms with Crippen LogP contribution in [-0.2, 0) is 11.3 Å². The van der Waals surface area contributed by atoms with Gasteiger partial charge in [0.1, 0.15) is 11.0 Å². The molecule has 0 spiro atoms. The lowest BCUT2D eigenvalue weighted by Crippen LogP contribution is -2.46. The molecule has 1 atom stereocenters. The van der Waals surface area contributed by atoms with Crippen molar-refractivity contribution in [2.24, 2.45) is 0 Å². The average molecular weight is 289 g/mol. The van der Waals surface area contributed by atoms with Crippen LogP contribution in [-0.4, -0.2) is 40.1 Å². The monoisotopic (exact) mass is 289 g/mol. The SMILES string of the molecule is CSCC[C@H](NC(=O)NCc1nccs1)C(=O)O. The molecule has 0 unspecified atom stereocenters. The zero-order chi connectivity index (χ0) is 13.4. The van der Waals surface area contributed by atoms with Crippen LogP contribution in [0.25, 0.3) is 0 Å². The molecule has 0 aliphatic rings. The van der Waals surface area contributed by atoms with Gasteiger partial charge in [-0.3, -0.25) is 0 Å². The number of rotatable bonds is 7. The Bertz CT molecular complexity index is 384. The van der Waals surface area contributed by atoms with E-state index >= 15 is 0 Å². The number of thioether (sulfide) groups is 1. The number of carbonyl (C=O) groups excluding carboxylic acids is 1. The van der Waals surface area contributed by atoms with E-state index in [-0.39, 0.29) is 0 Å². The van der Waals surface area contributed by atoms with Crippen LogP contribution in [0.3, 0.4) is 0 Å². The maximum Gasteiger partial charge on any atom is 0.326 e. The highest BCUT2D eigenvalue weighted by atomic mass is 32.2. The number of aromatic nitrogens is 1. The third-order valence-electron chi connectivity index (χ3n) is 2.10. The second kappa shape index (κ2) is 7.93. The van der Waals surface area contributed by atoms with Crippen LogP contribution >= 0.6 is 23.1 Å². The van der Waals surface area contributed by atoms with Crippen LogP contribution in [0.5, 0.6) is 0 Å². The van der Waals surface area contributed by atoms with E-state index in [1.807, 2.05) is 11.6 Å². The highest BCUT2D eigenvalue weighted by Gasteiger charge is 2.19. The number of carboxylic acid groups (broad SMARTS) is 1. The molecule has 0 radical (unpaired) electrons. The fraction of sp³-hybridized carbons (Fsp3) is 0.500. The van der Waals surface area contributed by atoms with E-state index in [1.54, 1.807) is 18.0 Å². The lowest BCUT2D eigenvalue weighted by molar-refractivity contribution is -0.139. The number of hydrogen-bond acceptors (Lipinski definition) is 5. The summed E-state index contributed by atoms with van der Waals surface area (Å²) in [5.41, 5.74) is 0. The second-order valence-electron chi connectivity index (χ2n) is 3.43. The first kappa shape index (κ1) is 14.8. The summed E-state index contributed by atoms with van der Waals surface area (Å²) in [6.07, 6.45) is 3.95. The van der Waals surface area contributed by atoms with Crippen molar-refractivity contribution < 1.29 is 14.7 Å². The number of amides is 2. The first-order valence-electron chi connectivity index (χ1n) is 5.28. The molecule has 0 fully saturated rings. The molecule has 2 amide bonds. The van der Waals surface area contributed by atoms with E-state index < -0.39 is 18.0 Å². The quantitative estimate of drug-likeness (QED) is 0.700. The van der Waals surface area contributed by atoms with E-state index in [9.17, 15) is 9.59 Å². The maximum atomic E-state index is 11.5. The number of thiazole rings is 1. The number of urea groups is 1. The topological polar surface area (TPSA) is 91.3 Å². The van der Waals surface area contributed by atoms with Crippen molar-refractivity contribution >= 4 is 35.1 Å². The van der Waals surface area contributed by atoms with Crippen LogP contribution in [0.15, 0.2) is 11.6 Å². The Morgan fingerprint density at radius 3 is 2.94 bits per heavy atom. The molecule has 1 aromatic rings. The minimum Gasteiger partial charge on any atom is -0.480 e. The van der Waals surface area contributed by atoms with Crippen molar-refractivity contribution in [3.8, 4) is 0 Å². The Hall–Kier alpha value is -1.28. The number of nitrogens with one attached hydrogen (secondary N) is 2. The van der Waals surface area contributed by atoms with Gasteiger partial charge in [-0.05, 0) is 18.4 Å². The predicted molar refractivity (Wildman–Crippen MR) is 71.9 cm³/mol. The molecular weight excluding hydrogens is 274 g/mol. The number of aliphatic carboxylic acids is 1. The van der Waals surface area contributed by atoms with Crippen molar-refractivity contribution in [1.82, 2.24) is 15.6 Å². The third-order valence-corrected chi connectivity index (χ3v) is 3.52. The largest absolute Gasteiger partial charge is 0.480 e. The summed E-state index contributed by atoms with van der Waals surface area (Å²) in [7, 11) is 0. The van der Waals surface area contributed by atoms with Gasteiger partial charge >= 0.3 is 12.0 Å². The highest BCUT2D eigenvalue weighted by molar-refractivity contribution is 7.98. The first-order valence-corrected chi connectivity index (χ1v) is 7.55. The van der Waals surface area contributed by atoms with Gasteiger partial charge in [0, 0.05) is 11.6 Å². The predicted octanol–water partition coefficient (Wildman–Crippen LogP) is 1.15. The van der Waals surface area contributed by atoms with Gasteiger partial charge in [-0.2, -0.15) is 11.8 Å². The highest BCUT2D eigenvalue weighted by Crippen LogP contribution is 2.03. The Labute approximate surface area is 113 Å². The summed E-state index contributed by atoms with van der Waals surface area (Å²) >= 11 is 2.97. The van der Waals surface area contributed by atoms with Gasteiger partial charge < -0.3 is 15.7 Å². The molecule has 100 valence electrons. The third kappa shape index (κ3) is 5.37. The Morgan fingerprint density at radius 1 is 1.61 bits per heavy atom. The average Bonchev–Trinajstić information content (AvgIpc) is 2.84. The van der Waals surface area contributed by atoms with Crippen LogP contribution in [0, 0.1) is 0 Å². The molecule has 0 aliphatic heterocycles. The molecule has 0 saturated heterocycles. The van der Waals surface area contributed by atoms with Crippen molar-refractivity contribution in [1.29, 1.82) is 0 Å². The van der Waals surface area contributed by atoms with Crippen molar-refractivity contribution in [2.75, 3.05) is 12.0 Å². The summed E-state index contributed by atoms with van der Waals surface area (Å²) in [6.45, 7) is 0.304.